The smallest absolute Gasteiger partial charge is 0.335 e. The molecule has 7 heteroatoms. The second-order valence-electron chi connectivity index (χ2n) is 11.1. The number of amides is 2. The fourth-order valence-corrected chi connectivity index (χ4v) is 5.98. The summed E-state index contributed by atoms with van der Waals surface area (Å²) in [5.41, 5.74) is 3.66. The molecule has 2 amide bonds. The molecular formula is C32H33N3O4. The summed E-state index contributed by atoms with van der Waals surface area (Å²) in [6.45, 7) is 1.53. The normalized spacial score (nSPS) is 27.5. The van der Waals surface area contributed by atoms with Gasteiger partial charge in [-0.2, -0.15) is 0 Å². The number of carboxylic acid groups (broad SMARTS) is 1. The van der Waals surface area contributed by atoms with E-state index in [0.717, 1.165) is 18.4 Å². The molecule has 0 aromatic heterocycles. The molecule has 3 aromatic rings. The minimum Gasteiger partial charge on any atom is -0.478 e. The highest BCUT2D eigenvalue weighted by Crippen LogP contribution is 2.42. The van der Waals surface area contributed by atoms with Gasteiger partial charge in [-0.25, -0.2) is 4.79 Å². The maximum absolute atomic E-state index is 13.5. The van der Waals surface area contributed by atoms with Crippen molar-refractivity contribution in [2.45, 2.75) is 43.3 Å². The standard InChI is InChI=1S/C32H33N3O4/c36-30(33-28-15-24(28)21-7-3-1-4-8-21)26-18-35(17-20-11-13-23(14-12-20)32(38)39)19-27(26)31(37)34-29-16-25(29)22-9-5-2-6-10-22/h1-14,24-29H,15-19H2,(H,33,36)(H,34,37)(H,38,39)/t24-,25-,26-,27-,28+,29+/m1/s1. The lowest BCUT2D eigenvalue weighted by Crippen LogP contribution is -2.43. The summed E-state index contributed by atoms with van der Waals surface area (Å²) in [7, 11) is 0. The minimum absolute atomic E-state index is 0.0577. The lowest BCUT2D eigenvalue weighted by Gasteiger charge is -2.18. The van der Waals surface area contributed by atoms with Crippen LogP contribution in [-0.2, 0) is 16.1 Å². The topological polar surface area (TPSA) is 98.7 Å². The number of aromatic carboxylic acids is 1. The van der Waals surface area contributed by atoms with Crippen molar-refractivity contribution in [2.24, 2.45) is 11.8 Å². The van der Waals surface area contributed by atoms with E-state index in [0.29, 0.717) is 31.5 Å². The van der Waals surface area contributed by atoms with Gasteiger partial charge < -0.3 is 15.7 Å². The molecule has 3 fully saturated rings. The van der Waals surface area contributed by atoms with Crippen LogP contribution < -0.4 is 10.6 Å². The number of hydrogen-bond acceptors (Lipinski definition) is 4. The van der Waals surface area contributed by atoms with Crippen LogP contribution >= 0.6 is 0 Å². The Hall–Kier alpha value is -3.97. The number of carbonyl (C=O) groups is 3. The zero-order valence-electron chi connectivity index (χ0n) is 21.7. The van der Waals surface area contributed by atoms with Crippen LogP contribution in [0.3, 0.4) is 0 Å². The Morgan fingerprint density at radius 2 is 1.15 bits per heavy atom. The maximum atomic E-state index is 13.5. The zero-order chi connectivity index (χ0) is 26.9. The molecule has 0 unspecified atom stereocenters. The van der Waals surface area contributed by atoms with Crippen LogP contribution in [0.15, 0.2) is 84.9 Å². The molecule has 200 valence electrons. The lowest BCUT2D eigenvalue weighted by molar-refractivity contribution is -0.133. The van der Waals surface area contributed by atoms with E-state index < -0.39 is 17.8 Å². The van der Waals surface area contributed by atoms with Crippen molar-refractivity contribution < 1.29 is 19.5 Å². The highest BCUT2D eigenvalue weighted by molar-refractivity contribution is 5.89. The molecule has 1 aliphatic heterocycles. The summed E-state index contributed by atoms with van der Waals surface area (Å²) < 4.78 is 0. The van der Waals surface area contributed by atoms with Crippen LogP contribution in [0.25, 0.3) is 0 Å². The molecule has 2 saturated carbocycles. The summed E-state index contributed by atoms with van der Waals surface area (Å²) in [6, 6.07) is 27.4. The van der Waals surface area contributed by atoms with Crippen molar-refractivity contribution in [1.29, 1.82) is 0 Å². The first-order valence-corrected chi connectivity index (χ1v) is 13.7. The second-order valence-corrected chi connectivity index (χ2v) is 11.1. The molecule has 2 aliphatic carbocycles. The van der Waals surface area contributed by atoms with Crippen LogP contribution in [0.2, 0.25) is 0 Å². The summed E-state index contributed by atoms with van der Waals surface area (Å²) in [5, 5.41) is 15.6. The number of likely N-dealkylation sites (tertiary alicyclic amines) is 1. The lowest BCUT2D eigenvalue weighted by atomic mass is 9.94. The van der Waals surface area contributed by atoms with Gasteiger partial charge in [0.25, 0.3) is 0 Å². The van der Waals surface area contributed by atoms with Crippen LogP contribution in [0.5, 0.6) is 0 Å². The monoisotopic (exact) mass is 523 g/mol. The predicted molar refractivity (Wildman–Crippen MR) is 147 cm³/mol. The molecule has 7 nitrogen and oxygen atoms in total. The van der Waals surface area contributed by atoms with Crippen molar-refractivity contribution >= 4 is 17.8 Å². The molecule has 0 radical (unpaired) electrons. The first kappa shape index (κ1) is 25.3. The van der Waals surface area contributed by atoms with Crippen molar-refractivity contribution in [3.05, 3.63) is 107 Å². The van der Waals surface area contributed by atoms with E-state index in [9.17, 15) is 19.5 Å². The Labute approximate surface area is 228 Å². The van der Waals surface area contributed by atoms with Crippen LogP contribution in [0, 0.1) is 11.8 Å². The van der Waals surface area contributed by atoms with Gasteiger partial charge in [0.2, 0.25) is 11.8 Å². The number of nitrogens with zero attached hydrogens (tertiary/aromatic N) is 1. The summed E-state index contributed by atoms with van der Waals surface area (Å²) in [5.74, 6) is -1.30. The van der Waals surface area contributed by atoms with Gasteiger partial charge in [0, 0.05) is 43.6 Å². The predicted octanol–water partition coefficient (Wildman–Crippen LogP) is 3.78. The van der Waals surface area contributed by atoms with Gasteiger partial charge in [-0.3, -0.25) is 14.5 Å². The average Bonchev–Trinajstić information content (AvgIpc) is 3.86. The Bertz CT molecular complexity index is 1270. The summed E-state index contributed by atoms with van der Waals surface area (Å²) >= 11 is 0. The third kappa shape index (κ3) is 5.73. The van der Waals surface area contributed by atoms with Crippen LogP contribution in [0.4, 0.5) is 0 Å². The van der Waals surface area contributed by atoms with Gasteiger partial charge in [0.05, 0.1) is 17.4 Å². The van der Waals surface area contributed by atoms with Crippen LogP contribution in [0.1, 0.15) is 51.7 Å². The number of nitrogens with one attached hydrogen (secondary N) is 2. The van der Waals surface area contributed by atoms with Gasteiger partial charge >= 0.3 is 5.97 Å². The first-order chi connectivity index (χ1) is 19.0. The van der Waals surface area contributed by atoms with E-state index in [1.54, 1.807) is 24.3 Å². The van der Waals surface area contributed by atoms with E-state index in [-0.39, 0.29) is 29.5 Å². The first-order valence-electron chi connectivity index (χ1n) is 13.7. The van der Waals surface area contributed by atoms with Crippen molar-refractivity contribution in [3.8, 4) is 0 Å². The van der Waals surface area contributed by atoms with Crippen molar-refractivity contribution in [3.63, 3.8) is 0 Å². The number of carbonyl (C=O) groups excluding carboxylic acids is 2. The Kier molecular flexibility index (Phi) is 6.92. The number of benzene rings is 3. The molecule has 6 atom stereocenters. The Morgan fingerprint density at radius 1 is 0.692 bits per heavy atom. The maximum Gasteiger partial charge on any atom is 0.335 e. The van der Waals surface area contributed by atoms with Gasteiger partial charge in [0.1, 0.15) is 0 Å². The fraction of sp³-hybridized carbons (Fsp3) is 0.344. The van der Waals surface area contributed by atoms with Gasteiger partial charge in [-0.1, -0.05) is 72.8 Å². The molecule has 6 rings (SSSR count). The zero-order valence-corrected chi connectivity index (χ0v) is 21.7. The van der Waals surface area contributed by atoms with Gasteiger partial charge in [-0.15, -0.1) is 0 Å². The van der Waals surface area contributed by atoms with E-state index in [1.807, 2.05) is 36.4 Å². The Morgan fingerprint density at radius 3 is 1.59 bits per heavy atom. The third-order valence-electron chi connectivity index (χ3n) is 8.37. The molecule has 0 spiro atoms. The molecule has 1 saturated heterocycles. The fourth-order valence-electron chi connectivity index (χ4n) is 5.98. The highest BCUT2D eigenvalue weighted by Gasteiger charge is 2.47. The van der Waals surface area contributed by atoms with E-state index in [2.05, 4.69) is 39.8 Å². The molecule has 3 aromatic carbocycles. The van der Waals surface area contributed by atoms with Crippen LogP contribution in [-0.4, -0.2) is 53.0 Å². The number of carboxylic acids is 1. The minimum atomic E-state index is -0.959. The SMILES string of the molecule is O=C(O)c1ccc(CN2C[C@@H](C(=O)N[C@H]3C[C@@H]3c3ccccc3)[C@H](C(=O)N[C@H]3C[C@@H]3c3ccccc3)C2)cc1. The summed E-state index contributed by atoms with van der Waals surface area (Å²) in [6.07, 6.45) is 1.83. The second kappa shape index (κ2) is 10.7. The van der Waals surface area contributed by atoms with E-state index in [4.69, 9.17) is 0 Å². The molecule has 39 heavy (non-hydrogen) atoms. The quantitative estimate of drug-likeness (QED) is 0.397. The highest BCUT2D eigenvalue weighted by atomic mass is 16.4. The molecule has 0 bridgehead atoms. The van der Waals surface area contributed by atoms with E-state index in [1.165, 1.54) is 11.1 Å². The largest absolute Gasteiger partial charge is 0.478 e. The van der Waals surface area contributed by atoms with Crippen molar-refractivity contribution in [2.75, 3.05) is 13.1 Å². The number of hydrogen-bond donors (Lipinski definition) is 3. The number of rotatable bonds is 9. The van der Waals surface area contributed by atoms with E-state index >= 15 is 0 Å². The molecular weight excluding hydrogens is 490 g/mol. The Balaban J connectivity index is 1.12. The molecule has 1 heterocycles. The average molecular weight is 524 g/mol. The molecule has 3 N–H and O–H groups in total. The molecule has 3 aliphatic rings. The third-order valence-corrected chi connectivity index (χ3v) is 8.37. The van der Waals surface area contributed by atoms with Crippen molar-refractivity contribution in [1.82, 2.24) is 15.5 Å². The van der Waals surface area contributed by atoms with Gasteiger partial charge in [0.15, 0.2) is 0 Å². The summed E-state index contributed by atoms with van der Waals surface area (Å²) in [4.78, 5) is 40.4. The van der Waals surface area contributed by atoms with Gasteiger partial charge in [-0.05, 0) is 41.7 Å².